The van der Waals surface area contributed by atoms with E-state index in [4.69, 9.17) is 11.6 Å². The number of carbonyl (C=O) groups excluding carboxylic acids is 1. The van der Waals surface area contributed by atoms with Crippen molar-refractivity contribution in [2.75, 3.05) is 0 Å². The molecule has 106 valence electrons. The maximum Gasteiger partial charge on any atom is 0.168 e. The quantitative estimate of drug-likeness (QED) is 0.800. The molecule has 0 amide bonds. The molecule has 4 heteroatoms. The molecule has 2 rings (SSSR count). The predicted octanol–water partition coefficient (Wildman–Crippen LogP) is 3.91. The summed E-state index contributed by atoms with van der Waals surface area (Å²) >= 11 is 6.25. The molecule has 0 radical (unpaired) electrons. The van der Waals surface area contributed by atoms with Crippen LogP contribution >= 0.6 is 11.6 Å². The van der Waals surface area contributed by atoms with Gasteiger partial charge in [-0.2, -0.15) is 5.10 Å². The first-order valence-corrected chi connectivity index (χ1v) is 7.13. The van der Waals surface area contributed by atoms with Crippen molar-refractivity contribution in [3.05, 3.63) is 51.3 Å². The average molecular weight is 291 g/mol. The van der Waals surface area contributed by atoms with Gasteiger partial charge in [-0.3, -0.25) is 9.48 Å². The second kappa shape index (κ2) is 5.80. The minimum Gasteiger partial charge on any atom is -0.294 e. The third-order valence-corrected chi connectivity index (χ3v) is 3.82. The molecule has 1 heterocycles. The molecule has 0 N–H and O–H groups in total. The van der Waals surface area contributed by atoms with E-state index >= 15 is 0 Å². The highest BCUT2D eigenvalue weighted by Crippen LogP contribution is 2.22. The Hall–Kier alpha value is -1.61. The molecule has 0 bridgehead atoms. The van der Waals surface area contributed by atoms with Crippen LogP contribution in [0.4, 0.5) is 0 Å². The normalized spacial score (nSPS) is 10.8. The Bertz CT molecular complexity index is 638. The molecule has 0 aliphatic carbocycles. The summed E-state index contributed by atoms with van der Waals surface area (Å²) in [5.41, 5.74) is 4.51. The van der Waals surface area contributed by atoms with Crippen molar-refractivity contribution in [3.8, 4) is 0 Å². The second-order valence-corrected chi connectivity index (χ2v) is 5.52. The zero-order chi connectivity index (χ0) is 14.9. The van der Waals surface area contributed by atoms with E-state index in [0.29, 0.717) is 11.6 Å². The fraction of sp³-hybridized carbons (Fsp3) is 0.375. The highest BCUT2D eigenvalue weighted by Gasteiger charge is 2.17. The molecule has 0 aliphatic heterocycles. The van der Waals surface area contributed by atoms with Crippen molar-refractivity contribution in [2.45, 2.75) is 40.7 Å². The van der Waals surface area contributed by atoms with Crippen LogP contribution in [0.2, 0.25) is 5.02 Å². The first-order valence-electron chi connectivity index (χ1n) is 6.75. The van der Waals surface area contributed by atoms with Crippen molar-refractivity contribution >= 4 is 17.4 Å². The van der Waals surface area contributed by atoms with E-state index in [9.17, 15) is 4.79 Å². The number of aromatic nitrogens is 2. The Labute approximate surface area is 124 Å². The minimum atomic E-state index is 0.0771. The van der Waals surface area contributed by atoms with Gasteiger partial charge in [-0.05, 0) is 39.8 Å². The number of rotatable bonds is 4. The van der Waals surface area contributed by atoms with Crippen molar-refractivity contribution in [1.82, 2.24) is 9.78 Å². The summed E-state index contributed by atoms with van der Waals surface area (Å²) < 4.78 is 1.80. The van der Waals surface area contributed by atoms with Gasteiger partial charge in [0.15, 0.2) is 5.78 Å². The van der Waals surface area contributed by atoms with Gasteiger partial charge >= 0.3 is 0 Å². The third kappa shape index (κ3) is 2.93. The van der Waals surface area contributed by atoms with Crippen LogP contribution in [0.1, 0.15) is 39.8 Å². The summed E-state index contributed by atoms with van der Waals surface area (Å²) in [7, 11) is 0. The van der Waals surface area contributed by atoms with Crippen molar-refractivity contribution in [1.29, 1.82) is 0 Å². The SMILES string of the molecule is CCn1nc(C)c(Cl)c1CC(=O)c1cc(C)cc(C)c1. The Morgan fingerprint density at radius 2 is 1.80 bits per heavy atom. The number of nitrogens with zero attached hydrogens (tertiary/aromatic N) is 2. The fourth-order valence-corrected chi connectivity index (χ4v) is 2.63. The molecule has 0 atom stereocenters. The Morgan fingerprint density at radius 3 is 2.35 bits per heavy atom. The van der Waals surface area contributed by atoms with E-state index in [1.807, 2.05) is 39.8 Å². The number of carbonyl (C=O) groups is 1. The molecule has 1 aromatic carbocycles. The molecule has 1 aromatic heterocycles. The topological polar surface area (TPSA) is 34.9 Å². The molecular formula is C16H19ClN2O. The van der Waals surface area contributed by atoms with Gasteiger partial charge in [0.1, 0.15) is 0 Å². The van der Waals surface area contributed by atoms with Crippen LogP contribution in [0.15, 0.2) is 18.2 Å². The summed E-state index contributed by atoms with van der Waals surface area (Å²) in [6.45, 7) is 8.56. The van der Waals surface area contributed by atoms with Crippen LogP contribution in [0.3, 0.4) is 0 Å². The Kier molecular flexibility index (Phi) is 4.29. The fourth-order valence-electron chi connectivity index (χ4n) is 2.43. The Balaban J connectivity index is 2.32. The molecule has 0 aliphatic rings. The van der Waals surface area contributed by atoms with E-state index in [2.05, 4.69) is 11.2 Å². The highest BCUT2D eigenvalue weighted by atomic mass is 35.5. The summed E-state index contributed by atoms with van der Waals surface area (Å²) in [6.07, 6.45) is 0.288. The number of hydrogen-bond acceptors (Lipinski definition) is 2. The van der Waals surface area contributed by atoms with Gasteiger partial charge in [-0.1, -0.05) is 28.8 Å². The van der Waals surface area contributed by atoms with Crippen molar-refractivity contribution in [2.24, 2.45) is 0 Å². The van der Waals surface area contributed by atoms with Gasteiger partial charge in [-0.25, -0.2) is 0 Å². The number of benzene rings is 1. The Morgan fingerprint density at radius 1 is 1.20 bits per heavy atom. The molecule has 0 saturated heterocycles. The van der Waals surface area contributed by atoms with Gasteiger partial charge < -0.3 is 0 Å². The predicted molar refractivity (Wildman–Crippen MR) is 81.6 cm³/mol. The van der Waals surface area contributed by atoms with E-state index in [0.717, 1.165) is 28.1 Å². The highest BCUT2D eigenvalue weighted by molar-refractivity contribution is 6.32. The number of hydrogen-bond donors (Lipinski definition) is 0. The number of Topliss-reactive ketones (excluding diaryl/α,β-unsaturated/α-hetero) is 1. The average Bonchev–Trinajstić information content (AvgIpc) is 2.65. The lowest BCUT2D eigenvalue weighted by Crippen LogP contribution is -2.10. The van der Waals surface area contributed by atoms with Gasteiger partial charge in [-0.15, -0.1) is 0 Å². The van der Waals surface area contributed by atoms with Gasteiger partial charge in [0.05, 0.1) is 22.8 Å². The molecule has 2 aromatic rings. The van der Waals surface area contributed by atoms with Crippen LogP contribution < -0.4 is 0 Å². The smallest absolute Gasteiger partial charge is 0.168 e. The maximum absolute atomic E-state index is 12.4. The molecule has 0 fully saturated rings. The van der Waals surface area contributed by atoms with Crippen LogP contribution in [-0.4, -0.2) is 15.6 Å². The monoisotopic (exact) mass is 290 g/mol. The lowest BCUT2D eigenvalue weighted by molar-refractivity contribution is 0.0990. The van der Waals surface area contributed by atoms with Gasteiger partial charge in [0.25, 0.3) is 0 Å². The number of aryl methyl sites for hydroxylation is 4. The van der Waals surface area contributed by atoms with Crippen molar-refractivity contribution < 1.29 is 4.79 Å². The summed E-state index contributed by atoms with van der Waals surface area (Å²) in [5.74, 6) is 0.0771. The zero-order valence-corrected chi connectivity index (χ0v) is 13.1. The first kappa shape index (κ1) is 14.8. The molecule has 0 spiro atoms. The van der Waals surface area contributed by atoms with Crippen LogP contribution in [0, 0.1) is 20.8 Å². The van der Waals surface area contributed by atoms with Crippen LogP contribution in [0.5, 0.6) is 0 Å². The third-order valence-electron chi connectivity index (χ3n) is 3.32. The summed E-state index contributed by atoms with van der Waals surface area (Å²) in [5, 5.41) is 4.94. The summed E-state index contributed by atoms with van der Waals surface area (Å²) in [6, 6.07) is 5.90. The van der Waals surface area contributed by atoms with E-state index in [1.165, 1.54) is 0 Å². The van der Waals surface area contributed by atoms with E-state index in [1.54, 1.807) is 4.68 Å². The van der Waals surface area contributed by atoms with Crippen LogP contribution in [-0.2, 0) is 13.0 Å². The van der Waals surface area contributed by atoms with E-state index in [-0.39, 0.29) is 12.2 Å². The molecule has 20 heavy (non-hydrogen) atoms. The largest absolute Gasteiger partial charge is 0.294 e. The zero-order valence-electron chi connectivity index (χ0n) is 12.3. The molecular weight excluding hydrogens is 272 g/mol. The van der Waals surface area contributed by atoms with Gasteiger partial charge in [0.2, 0.25) is 0 Å². The standard InChI is InChI=1S/C16H19ClN2O/c1-5-19-14(16(17)12(4)18-19)9-15(20)13-7-10(2)6-11(3)8-13/h6-8H,5,9H2,1-4H3. The molecule has 3 nitrogen and oxygen atoms in total. The van der Waals surface area contributed by atoms with Crippen LogP contribution in [0.25, 0.3) is 0 Å². The minimum absolute atomic E-state index is 0.0771. The maximum atomic E-state index is 12.4. The molecule has 0 unspecified atom stereocenters. The van der Waals surface area contributed by atoms with E-state index < -0.39 is 0 Å². The second-order valence-electron chi connectivity index (χ2n) is 5.14. The number of halogens is 1. The van der Waals surface area contributed by atoms with Crippen molar-refractivity contribution in [3.63, 3.8) is 0 Å². The number of ketones is 1. The molecule has 0 saturated carbocycles. The van der Waals surface area contributed by atoms with Gasteiger partial charge in [0, 0.05) is 12.1 Å². The lowest BCUT2D eigenvalue weighted by atomic mass is 10.0. The first-order chi connectivity index (χ1) is 9.42. The lowest BCUT2D eigenvalue weighted by Gasteiger charge is -2.07. The summed E-state index contributed by atoms with van der Waals surface area (Å²) in [4.78, 5) is 12.4.